The minimum atomic E-state index is -0.833. The quantitative estimate of drug-likeness (QED) is 0.479. The zero-order valence-electron chi connectivity index (χ0n) is 6.93. The SMILES string of the molecule is CCC(OC)(OC)OC.[Ti]. The second-order valence-electron chi connectivity index (χ2n) is 1.65. The van der Waals surface area contributed by atoms with Gasteiger partial charge in [-0.1, -0.05) is 6.92 Å². The van der Waals surface area contributed by atoms with Gasteiger partial charge < -0.3 is 14.2 Å². The third-order valence-corrected chi connectivity index (χ3v) is 1.37. The van der Waals surface area contributed by atoms with Gasteiger partial charge in [-0.25, -0.2) is 0 Å². The molecule has 4 heteroatoms. The van der Waals surface area contributed by atoms with Gasteiger partial charge in [-0.15, -0.1) is 0 Å². The van der Waals surface area contributed by atoms with Crippen LogP contribution in [0.5, 0.6) is 0 Å². The maximum absolute atomic E-state index is 4.94. The molecule has 3 nitrogen and oxygen atoms in total. The first-order chi connectivity index (χ1) is 4.24. The van der Waals surface area contributed by atoms with Crippen LogP contribution in [0.1, 0.15) is 13.3 Å². The Labute approximate surface area is 76.9 Å². The zero-order chi connectivity index (χ0) is 7.33. The molecule has 0 fully saturated rings. The van der Waals surface area contributed by atoms with Crippen molar-refractivity contribution in [1.82, 2.24) is 0 Å². The van der Waals surface area contributed by atoms with Crippen molar-refractivity contribution in [2.24, 2.45) is 0 Å². The summed E-state index contributed by atoms with van der Waals surface area (Å²) in [6, 6.07) is 0. The van der Waals surface area contributed by atoms with Crippen LogP contribution >= 0.6 is 0 Å². The summed E-state index contributed by atoms with van der Waals surface area (Å²) in [6.07, 6.45) is 0.677. The molecule has 0 aliphatic rings. The predicted molar refractivity (Wildman–Crippen MR) is 34.0 cm³/mol. The molecule has 0 saturated carbocycles. The molecule has 10 heavy (non-hydrogen) atoms. The first-order valence-electron chi connectivity index (χ1n) is 2.90. The van der Waals surface area contributed by atoms with Gasteiger partial charge in [-0.2, -0.15) is 0 Å². The molecule has 0 atom stereocenters. The van der Waals surface area contributed by atoms with Crippen LogP contribution < -0.4 is 0 Å². The van der Waals surface area contributed by atoms with E-state index < -0.39 is 5.97 Å². The maximum Gasteiger partial charge on any atom is 0.281 e. The fraction of sp³-hybridized carbons (Fsp3) is 1.00. The summed E-state index contributed by atoms with van der Waals surface area (Å²) in [5, 5.41) is 0. The van der Waals surface area contributed by atoms with Crippen LogP contribution in [0.2, 0.25) is 0 Å². The summed E-state index contributed by atoms with van der Waals surface area (Å²) in [6.45, 7) is 1.93. The van der Waals surface area contributed by atoms with E-state index in [-0.39, 0.29) is 21.7 Å². The second-order valence-corrected chi connectivity index (χ2v) is 1.65. The van der Waals surface area contributed by atoms with Crippen molar-refractivity contribution < 1.29 is 35.9 Å². The van der Waals surface area contributed by atoms with E-state index in [4.69, 9.17) is 14.2 Å². The van der Waals surface area contributed by atoms with Gasteiger partial charge in [-0.05, 0) is 0 Å². The zero-order valence-corrected chi connectivity index (χ0v) is 8.49. The van der Waals surface area contributed by atoms with Crippen molar-refractivity contribution >= 4 is 0 Å². The van der Waals surface area contributed by atoms with E-state index >= 15 is 0 Å². The fourth-order valence-corrected chi connectivity index (χ4v) is 0.683. The number of rotatable bonds is 4. The van der Waals surface area contributed by atoms with Crippen LogP contribution in [0.15, 0.2) is 0 Å². The molecule has 0 aromatic heterocycles. The van der Waals surface area contributed by atoms with Gasteiger partial charge in [0.05, 0.1) is 0 Å². The van der Waals surface area contributed by atoms with Crippen LogP contribution in [-0.2, 0) is 35.9 Å². The van der Waals surface area contributed by atoms with Gasteiger partial charge in [0, 0.05) is 49.5 Å². The minimum absolute atomic E-state index is 0. The van der Waals surface area contributed by atoms with Gasteiger partial charge in [0.2, 0.25) is 0 Å². The average Bonchev–Trinajstić information content (AvgIpc) is 1.95. The van der Waals surface area contributed by atoms with Gasteiger partial charge in [0.25, 0.3) is 5.97 Å². The van der Waals surface area contributed by atoms with Crippen molar-refractivity contribution in [3.05, 3.63) is 0 Å². The summed E-state index contributed by atoms with van der Waals surface area (Å²) in [5.74, 6) is -0.833. The van der Waals surface area contributed by atoms with E-state index in [1.807, 2.05) is 6.92 Å². The second kappa shape index (κ2) is 6.31. The van der Waals surface area contributed by atoms with Crippen LogP contribution in [0.4, 0.5) is 0 Å². The predicted octanol–water partition coefficient (Wildman–Crippen LogP) is 0.987. The molecule has 0 bridgehead atoms. The standard InChI is InChI=1S/C6H14O3.Ti/c1-5-6(7-2,8-3)9-4;/h5H2,1-4H3;. The Morgan fingerprint density at radius 1 is 1.00 bits per heavy atom. The van der Waals surface area contributed by atoms with E-state index in [9.17, 15) is 0 Å². The monoisotopic (exact) mass is 182 g/mol. The topological polar surface area (TPSA) is 27.7 Å². The van der Waals surface area contributed by atoms with Crippen molar-refractivity contribution in [1.29, 1.82) is 0 Å². The van der Waals surface area contributed by atoms with Gasteiger partial charge in [0.15, 0.2) is 0 Å². The third-order valence-electron chi connectivity index (χ3n) is 1.37. The Balaban J connectivity index is 0. The smallest absolute Gasteiger partial charge is 0.281 e. The Kier molecular flexibility index (Phi) is 8.34. The van der Waals surface area contributed by atoms with Crippen molar-refractivity contribution in [2.45, 2.75) is 19.3 Å². The molecule has 0 saturated heterocycles. The molecule has 0 amide bonds. The van der Waals surface area contributed by atoms with E-state index in [1.165, 1.54) is 0 Å². The average molecular weight is 182 g/mol. The Morgan fingerprint density at radius 2 is 1.30 bits per heavy atom. The molecule has 0 unspecified atom stereocenters. The summed E-state index contributed by atoms with van der Waals surface area (Å²) in [5.41, 5.74) is 0. The van der Waals surface area contributed by atoms with Crippen molar-refractivity contribution in [2.75, 3.05) is 21.3 Å². The molecule has 0 rings (SSSR count). The molecule has 0 N–H and O–H groups in total. The summed E-state index contributed by atoms with van der Waals surface area (Å²) >= 11 is 0. The van der Waals surface area contributed by atoms with E-state index in [0.717, 1.165) is 0 Å². The number of hydrogen-bond donors (Lipinski definition) is 0. The Bertz CT molecular complexity index is 55.9. The van der Waals surface area contributed by atoms with E-state index in [1.54, 1.807) is 21.3 Å². The van der Waals surface area contributed by atoms with Gasteiger partial charge >= 0.3 is 0 Å². The maximum atomic E-state index is 4.94. The molecule has 0 radical (unpaired) electrons. The first-order valence-corrected chi connectivity index (χ1v) is 2.90. The third kappa shape index (κ3) is 3.12. The van der Waals surface area contributed by atoms with Gasteiger partial charge in [0.1, 0.15) is 0 Å². The normalized spacial score (nSPS) is 10.8. The molecule has 0 spiro atoms. The molecular formula is C6H14O3Ti. The van der Waals surface area contributed by atoms with Crippen LogP contribution in [0.25, 0.3) is 0 Å². The van der Waals surface area contributed by atoms with Crippen LogP contribution in [0.3, 0.4) is 0 Å². The van der Waals surface area contributed by atoms with E-state index in [0.29, 0.717) is 6.42 Å². The number of hydrogen-bond acceptors (Lipinski definition) is 3. The summed E-state index contributed by atoms with van der Waals surface area (Å²) in [4.78, 5) is 0. The largest absolute Gasteiger partial charge is 0.331 e. The molecular weight excluding hydrogens is 168 g/mol. The number of ether oxygens (including phenoxy) is 3. The van der Waals surface area contributed by atoms with Crippen molar-refractivity contribution in [3.63, 3.8) is 0 Å². The Morgan fingerprint density at radius 3 is 1.30 bits per heavy atom. The van der Waals surface area contributed by atoms with E-state index in [2.05, 4.69) is 0 Å². The fourth-order valence-electron chi connectivity index (χ4n) is 0.683. The van der Waals surface area contributed by atoms with Gasteiger partial charge in [-0.3, -0.25) is 0 Å². The number of methoxy groups -OCH3 is 3. The molecule has 0 aliphatic carbocycles. The molecule has 0 aromatic rings. The Hall–Kier alpha value is 0.594. The summed E-state index contributed by atoms with van der Waals surface area (Å²) < 4.78 is 14.8. The van der Waals surface area contributed by atoms with Crippen LogP contribution in [-0.4, -0.2) is 27.3 Å². The summed E-state index contributed by atoms with van der Waals surface area (Å²) in [7, 11) is 4.66. The minimum Gasteiger partial charge on any atom is -0.331 e. The molecule has 0 aliphatic heterocycles. The molecule has 0 heterocycles. The van der Waals surface area contributed by atoms with Crippen LogP contribution in [0, 0.1) is 0 Å². The molecule has 60 valence electrons. The first kappa shape index (κ1) is 13.2. The van der Waals surface area contributed by atoms with Crippen molar-refractivity contribution in [3.8, 4) is 0 Å². The molecule has 0 aromatic carbocycles.